The van der Waals surface area contributed by atoms with Gasteiger partial charge in [0.1, 0.15) is 6.17 Å². The highest BCUT2D eigenvalue weighted by Gasteiger charge is 2.39. The maximum Gasteiger partial charge on any atom is 0.419 e. The van der Waals surface area contributed by atoms with Gasteiger partial charge >= 0.3 is 6.18 Å². The van der Waals surface area contributed by atoms with Crippen molar-refractivity contribution < 1.29 is 22.0 Å². The molecule has 0 nitrogen and oxygen atoms in total. The molecule has 0 spiro atoms. The quantitative estimate of drug-likeness (QED) is 0.595. The molecule has 0 saturated carbocycles. The SMILES string of the molecule is [CH2]CC(F)CC[C@H](F)C(F)(F)F. The molecular weight excluding hydrogens is 179 g/mol. The molecular formula is C7H10F5. The van der Waals surface area contributed by atoms with Crippen LogP contribution in [0.15, 0.2) is 0 Å². The fourth-order valence-corrected chi connectivity index (χ4v) is 0.635. The zero-order valence-electron chi connectivity index (χ0n) is 6.37. The van der Waals surface area contributed by atoms with Crippen molar-refractivity contribution in [2.75, 3.05) is 0 Å². The number of rotatable bonds is 4. The Morgan fingerprint density at radius 3 is 1.92 bits per heavy atom. The Balaban J connectivity index is 3.64. The van der Waals surface area contributed by atoms with E-state index in [4.69, 9.17) is 0 Å². The summed E-state index contributed by atoms with van der Waals surface area (Å²) < 4.78 is 58.8. The Kier molecular flexibility index (Phi) is 4.49. The van der Waals surface area contributed by atoms with Crippen molar-refractivity contribution in [3.8, 4) is 0 Å². The van der Waals surface area contributed by atoms with Crippen LogP contribution in [0.3, 0.4) is 0 Å². The van der Waals surface area contributed by atoms with Crippen LogP contribution in [0.4, 0.5) is 22.0 Å². The first-order valence-corrected chi connectivity index (χ1v) is 3.52. The summed E-state index contributed by atoms with van der Waals surface area (Å²) in [4.78, 5) is 0. The molecule has 5 heteroatoms. The van der Waals surface area contributed by atoms with Gasteiger partial charge in [0.15, 0.2) is 6.17 Å². The summed E-state index contributed by atoms with van der Waals surface area (Å²) in [6.45, 7) is 3.15. The van der Waals surface area contributed by atoms with Crippen molar-refractivity contribution in [1.29, 1.82) is 0 Å². The topological polar surface area (TPSA) is 0 Å². The zero-order valence-corrected chi connectivity index (χ0v) is 6.37. The summed E-state index contributed by atoms with van der Waals surface area (Å²) in [5, 5.41) is 0. The average molecular weight is 189 g/mol. The monoisotopic (exact) mass is 189 g/mol. The first-order chi connectivity index (χ1) is 5.38. The van der Waals surface area contributed by atoms with Gasteiger partial charge in [0.25, 0.3) is 0 Å². The van der Waals surface area contributed by atoms with Gasteiger partial charge in [-0.3, -0.25) is 0 Å². The molecule has 12 heavy (non-hydrogen) atoms. The molecule has 0 aromatic heterocycles. The second-order valence-electron chi connectivity index (χ2n) is 2.47. The normalized spacial score (nSPS) is 17.5. The number of halogens is 5. The second kappa shape index (κ2) is 4.62. The van der Waals surface area contributed by atoms with Crippen LogP contribution in [0.1, 0.15) is 19.3 Å². The lowest BCUT2D eigenvalue weighted by Gasteiger charge is -2.12. The number of hydrogen-bond acceptors (Lipinski definition) is 0. The third-order valence-corrected chi connectivity index (χ3v) is 1.40. The Bertz CT molecular complexity index is 119. The first kappa shape index (κ1) is 11.6. The van der Waals surface area contributed by atoms with Crippen molar-refractivity contribution in [2.45, 2.75) is 37.8 Å². The molecule has 0 fully saturated rings. The molecule has 0 aliphatic rings. The highest BCUT2D eigenvalue weighted by molar-refractivity contribution is 4.68. The summed E-state index contributed by atoms with van der Waals surface area (Å²) in [6.07, 6.45) is -10.6. The lowest BCUT2D eigenvalue weighted by molar-refractivity contribution is -0.182. The minimum absolute atomic E-state index is 0.120. The molecule has 0 amide bonds. The summed E-state index contributed by atoms with van der Waals surface area (Å²) in [6, 6.07) is 0. The minimum Gasteiger partial charge on any atom is -0.247 e. The van der Waals surface area contributed by atoms with Crippen molar-refractivity contribution in [3.63, 3.8) is 0 Å². The third-order valence-electron chi connectivity index (χ3n) is 1.40. The molecule has 73 valence electrons. The van der Waals surface area contributed by atoms with E-state index in [9.17, 15) is 22.0 Å². The standard InChI is InChI=1S/C7H10F5/c1-2-5(8)3-4-6(9)7(10,11)12/h5-6H,1-4H2/t5?,6-/m0/s1. The van der Waals surface area contributed by atoms with E-state index in [-0.39, 0.29) is 6.42 Å². The molecule has 0 N–H and O–H groups in total. The lowest BCUT2D eigenvalue weighted by Crippen LogP contribution is -2.25. The minimum atomic E-state index is -4.86. The molecule has 0 aromatic rings. The predicted molar refractivity (Wildman–Crippen MR) is 35.1 cm³/mol. The maximum absolute atomic E-state index is 12.3. The Morgan fingerprint density at radius 2 is 1.58 bits per heavy atom. The van der Waals surface area contributed by atoms with Gasteiger partial charge in [0.2, 0.25) is 0 Å². The van der Waals surface area contributed by atoms with Crippen LogP contribution in [0.5, 0.6) is 0 Å². The van der Waals surface area contributed by atoms with E-state index in [1.54, 1.807) is 0 Å². The van der Waals surface area contributed by atoms with Gasteiger partial charge in [0, 0.05) is 0 Å². The van der Waals surface area contributed by atoms with E-state index in [1.165, 1.54) is 0 Å². The maximum atomic E-state index is 12.3. The molecule has 2 atom stereocenters. The molecule has 0 aliphatic carbocycles. The van der Waals surface area contributed by atoms with Gasteiger partial charge in [0.05, 0.1) is 0 Å². The first-order valence-electron chi connectivity index (χ1n) is 3.52. The molecule has 0 aliphatic heterocycles. The highest BCUT2D eigenvalue weighted by atomic mass is 19.4. The van der Waals surface area contributed by atoms with E-state index in [0.717, 1.165) is 0 Å². The Labute approximate surface area is 67.8 Å². The van der Waals surface area contributed by atoms with Crippen LogP contribution < -0.4 is 0 Å². The van der Waals surface area contributed by atoms with E-state index in [0.29, 0.717) is 0 Å². The zero-order chi connectivity index (χ0) is 9.78. The molecule has 0 saturated heterocycles. The third kappa shape index (κ3) is 4.51. The van der Waals surface area contributed by atoms with Crippen LogP contribution in [0.25, 0.3) is 0 Å². The van der Waals surface area contributed by atoms with Gasteiger partial charge in [-0.05, 0) is 19.3 Å². The number of hydrogen-bond donors (Lipinski definition) is 0. The largest absolute Gasteiger partial charge is 0.419 e. The van der Waals surface area contributed by atoms with E-state index >= 15 is 0 Å². The van der Waals surface area contributed by atoms with Crippen molar-refractivity contribution in [2.24, 2.45) is 0 Å². The van der Waals surface area contributed by atoms with Crippen molar-refractivity contribution in [3.05, 3.63) is 6.92 Å². The molecule has 1 unspecified atom stereocenters. The molecule has 0 heterocycles. The van der Waals surface area contributed by atoms with Crippen molar-refractivity contribution in [1.82, 2.24) is 0 Å². The van der Waals surface area contributed by atoms with Crippen LogP contribution in [0, 0.1) is 6.92 Å². The average Bonchev–Trinajstić information content (AvgIpc) is 1.97. The summed E-state index contributed by atoms with van der Waals surface area (Å²) in [5.41, 5.74) is 0. The summed E-state index contributed by atoms with van der Waals surface area (Å²) >= 11 is 0. The molecule has 1 radical (unpaired) electrons. The van der Waals surface area contributed by atoms with Gasteiger partial charge < -0.3 is 0 Å². The van der Waals surface area contributed by atoms with Crippen LogP contribution in [-0.4, -0.2) is 18.5 Å². The molecule has 0 rings (SSSR count). The van der Waals surface area contributed by atoms with E-state index in [2.05, 4.69) is 6.92 Å². The smallest absolute Gasteiger partial charge is 0.247 e. The van der Waals surface area contributed by atoms with Gasteiger partial charge in [-0.1, -0.05) is 6.92 Å². The molecule has 0 bridgehead atoms. The van der Waals surface area contributed by atoms with E-state index < -0.39 is 31.4 Å². The summed E-state index contributed by atoms with van der Waals surface area (Å²) in [5.74, 6) is 0. The fourth-order valence-electron chi connectivity index (χ4n) is 0.635. The van der Waals surface area contributed by atoms with Gasteiger partial charge in [-0.2, -0.15) is 13.2 Å². The predicted octanol–water partition coefficient (Wildman–Crippen LogP) is 3.23. The second-order valence-corrected chi connectivity index (χ2v) is 2.47. The van der Waals surface area contributed by atoms with Gasteiger partial charge in [-0.25, -0.2) is 8.78 Å². The van der Waals surface area contributed by atoms with E-state index in [1.807, 2.05) is 0 Å². The Hall–Kier alpha value is -0.350. The Morgan fingerprint density at radius 1 is 1.08 bits per heavy atom. The number of alkyl halides is 5. The van der Waals surface area contributed by atoms with Crippen LogP contribution in [-0.2, 0) is 0 Å². The van der Waals surface area contributed by atoms with Crippen LogP contribution >= 0.6 is 0 Å². The van der Waals surface area contributed by atoms with Crippen LogP contribution in [0.2, 0.25) is 0 Å². The highest BCUT2D eigenvalue weighted by Crippen LogP contribution is 2.27. The van der Waals surface area contributed by atoms with Gasteiger partial charge in [-0.15, -0.1) is 0 Å². The molecule has 0 aromatic carbocycles. The lowest BCUT2D eigenvalue weighted by atomic mass is 10.1. The van der Waals surface area contributed by atoms with Crippen molar-refractivity contribution >= 4 is 0 Å². The fraction of sp³-hybridized carbons (Fsp3) is 0.857. The summed E-state index contributed by atoms with van der Waals surface area (Å²) in [7, 11) is 0.